The lowest BCUT2D eigenvalue weighted by molar-refractivity contribution is 0.0908. The molecule has 0 aromatic heterocycles. The fourth-order valence-electron chi connectivity index (χ4n) is 1.96. The van der Waals surface area contributed by atoms with Crippen LogP contribution in [0.1, 0.15) is 29.8 Å². The first kappa shape index (κ1) is 13.8. The number of carbonyl (C=O) groups excluding carboxylic acids is 1. The van der Waals surface area contributed by atoms with Crippen LogP contribution in [0.5, 0.6) is 0 Å². The Morgan fingerprint density at radius 2 is 1.53 bits per heavy atom. The highest BCUT2D eigenvalue weighted by Crippen LogP contribution is 2.28. The molecule has 0 spiro atoms. The van der Waals surface area contributed by atoms with Crippen molar-refractivity contribution in [3.8, 4) is 0 Å². The minimum atomic E-state index is -0.707. The van der Waals surface area contributed by atoms with E-state index in [1.54, 1.807) is 36.4 Å². The summed E-state index contributed by atoms with van der Waals surface area (Å²) in [6, 6.07) is 12.8. The Hall–Kier alpha value is -1.67. The number of carbonyl (C=O) groups is 1. The molecule has 0 unspecified atom stereocenters. The largest absolute Gasteiger partial charge is 0.293 e. The number of hydrogen-bond donors (Lipinski definition) is 0. The molecule has 2 aromatic rings. The third-order valence-corrected chi connectivity index (χ3v) is 3.49. The lowest BCUT2D eigenvalue weighted by atomic mass is 9.78. The molecule has 2 aromatic carbocycles. The Kier molecular flexibility index (Phi) is 3.72. The third-order valence-electron chi connectivity index (χ3n) is 3.24. The summed E-state index contributed by atoms with van der Waals surface area (Å²) in [6.45, 7) is 3.66. The number of halogens is 2. The van der Waals surface area contributed by atoms with Crippen molar-refractivity contribution in [3.05, 3.63) is 70.5 Å². The van der Waals surface area contributed by atoms with Crippen LogP contribution in [0.4, 0.5) is 4.39 Å². The molecule has 0 amide bonds. The maximum absolute atomic E-state index is 12.9. The van der Waals surface area contributed by atoms with Gasteiger partial charge in [-0.25, -0.2) is 4.39 Å². The maximum atomic E-state index is 12.9. The first-order valence-corrected chi connectivity index (χ1v) is 6.35. The zero-order valence-corrected chi connectivity index (χ0v) is 11.5. The van der Waals surface area contributed by atoms with Crippen LogP contribution in [-0.2, 0) is 5.41 Å². The van der Waals surface area contributed by atoms with Gasteiger partial charge in [0.05, 0.1) is 5.41 Å². The van der Waals surface area contributed by atoms with Crippen LogP contribution >= 0.6 is 11.6 Å². The zero-order valence-electron chi connectivity index (χ0n) is 10.8. The summed E-state index contributed by atoms with van der Waals surface area (Å²) in [5, 5.41) is 0.594. The van der Waals surface area contributed by atoms with Crippen LogP contribution < -0.4 is 0 Å². The maximum Gasteiger partial charge on any atom is 0.172 e. The lowest BCUT2D eigenvalue weighted by Gasteiger charge is -2.23. The first-order chi connectivity index (χ1) is 8.91. The smallest absolute Gasteiger partial charge is 0.172 e. The first-order valence-electron chi connectivity index (χ1n) is 5.97. The summed E-state index contributed by atoms with van der Waals surface area (Å²) in [5.41, 5.74) is 0.675. The Morgan fingerprint density at radius 1 is 1.00 bits per heavy atom. The minimum absolute atomic E-state index is 0.0178. The van der Waals surface area contributed by atoms with E-state index in [2.05, 4.69) is 0 Å². The summed E-state index contributed by atoms with van der Waals surface area (Å²) in [4.78, 5) is 12.5. The molecule has 0 saturated heterocycles. The van der Waals surface area contributed by atoms with Gasteiger partial charge in [0.2, 0.25) is 0 Å². The van der Waals surface area contributed by atoms with Gasteiger partial charge in [0.25, 0.3) is 0 Å². The van der Waals surface area contributed by atoms with E-state index in [0.29, 0.717) is 10.6 Å². The number of rotatable bonds is 3. The topological polar surface area (TPSA) is 17.1 Å². The zero-order chi connectivity index (χ0) is 14.0. The van der Waals surface area contributed by atoms with E-state index in [4.69, 9.17) is 11.6 Å². The van der Waals surface area contributed by atoms with Crippen molar-refractivity contribution in [3.63, 3.8) is 0 Å². The number of ketones is 1. The number of Topliss-reactive ketones (excluding diaryl/α,β-unsaturated/α-hetero) is 1. The van der Waals surface area contributed by atoms with Crippen LogP contribution in [0, 0.1) is 5.82 Å². The summed E-state index contributed by atoms with van der Waals surface area (Å²) in [7, 11) is 0. The normalized spacial score (nSPS) is 11.4. The molecule has 98 valence electrons. The van der Waals surface area contributed by atoms with E-state index in [-0.39, 0.29) is 11.6 Å². The average Bonchev–Trinajstić information content (AvgIpc) is 2.39. The molecule has 0 fully saturated rings. The molecule has 0 aliphatic heterocycles. The molecule has 1 nitrogen and oxygen atoms in total. The van der Waals surface area contributed by atoms with Gasteiger partial charge in [0.1, 0.15) is 5.82 Å². The molecule has 0 radical (unpaired) electrons. The average molecular weight is 277 g/mol. The Labute approximate surface area is 117 Å². The summed E-state index contributed by atoms with van der Waals surface area (Å²) in [5.74, 6) is -0.325. The van der Waals surface area contributed by atoms with Crippen LogP contribution in [0.25, 0.3) is 0 Å². The molecule has 0 heterocycles. The molecule has 2 rings (SSSR count). The van der Waals surface area contributed by atoms with Gasteiger partial charge in [0, 0.05) is 10.6 Å². The highest BCUT2D eigenvalue weighted by molar-refractivity contribution is 6.30. The van der Waals surface area contributed by atoms with Gasteiger partial charge in [-0.05, 0) is 55.8 Å². The number of hydrogen-bond acceptors (Lipinski definition) is 1. The van der Waals surface area contributed by atoms with E-state index < -0.39 is 5.41 Å². The number of benzene rings is 2. The molecular weight excluding hydrogens is 263 g/mol. The van der Waals surface area contributed by atoms with Gasteiger partial charge in [-0.1, -0.05) is 23.7 Å². The third kappa shape index (κ3) is 2.85. The van der Waals surface area contributed by atoms with Gasteiger partial charge in [-0.2, -0.15) is 0 Å². The van der Waals surface area contributed by atoms with E-state index in [1.165, 1.54) is 12.1 Å². The molecule has 0 aliphatic rings. The molecular formula is C16H14ClFO. The van der Waals surface area contributed by atoms with Crippen molar-refractivity contribution >= 4 is 17.4 Å². The summed E-state index contributed by atoms with van der Waals surface area (Å²) >= 11 is 5.81. The second-order valence-electron chi connectivity index (χ2n) is 4.97. The Bertz CT molecular complexity index is 585. The quantitative estimate of drug-likeness (QED) is 0.747. The van der Waals surface area contributed by atoms with E-state index >= 15 is 0 Å². The molecule has 0 bridgehead atoms. The summed E-state index contributed by atoms with van der Waals surface area (Å²) in [6.07, 6.45) is 0. The van der Waals surface area contributed by atoms with Crippen molar-refractivity contribution in [2.75, 3.05) is 0 Å². The second kappa shape index (κ2) is 5.14. The molecule has 19 heavy (non-hydrogen) atoms. The highest BCUT2D eigenvalue weighted by Gasteiger charge is 2.30. The van der Waals surface area contributed by atoms with Crippen LogP contribution in [-0.4, -0.2) is 5.78 Å². The monoisotopic (exact) mass is 276 g/mol. The lowest BCUT2D eigenvalue weighted by Crippen LogP contribution is -2.29. The Balaban J connectivity index is 2.35. The molecule has 0 atom stereocenters. The van der Waals surface area contributed by atoms with Gasteiger partial charge in [0.15, 0.2) is 5.78 Å². The van der Waals surface area contributed by atoms with Crippen molar-refractivity contribution in [1.82, 2.24) is 0 Å². The molecule has 0 N–H and O–H groups in total. The predicted molar refractivity (Wildman–Crippen MR) is 75.2 cm³/mol. The van der Waals surface area contributed by atoms with Gasteiger partial charge in [-0.3, -0.25) is 4.79 Å². The minimum Gasteiger partial charge on any atom is -0.293 e. The second-order valence-corrected chi connectivity index (χ2v) is 5.40. The van der Waals surface area contributed by atoms with Crippen molar-refractivity contribution < 1.29 is 9.18 Å². The fraction of sp³-hybridized carbons (Fsp3) is 0.188. The van der Waals surface area contributed by atoms with Crippen molar-refractivity contribution in [2.45, 2.75) is 19.3 Å². The van der Waals surface area contributed by atoms with Crippen LogP contribution in [0.15, 0.2) is 48.5 Å². The predicted octanol–water partition coefficient (Wildman–Crippen LogP) is 4.64. The fourth-order valence-corrected chi connectivity index (χ4v) is 2.09. The Morgan fingerprint density at radius 3 is 2.05 bits per heavy atom. The molecule has 0 aliphatic carbocycles. The van der Waals surface area contributed by atoms with Crippen LogP contribution in [0.2, 0.25) is 5.02 Å². The van der Waals surface area contributed by atoms with Crippen molar-refractivity contribution in [2.24, 2.45) is 0 Å². The highest BCUT2D eigenvalue weighted by atomic mass is 35.5. The van der Waals surface area contributed by atoms with Gasteiger partial charge in [-0.15, -0.1) is 0 Å². The van der Waals surface area contributed by atoms with E-state index in [1.807, 2.05) is 13.8 Å². The van der Waals surface area contributed by atoms with Gasteiger partial charge >= 0.3 is 0 Å². The summed E-state index contributed by atoms with van der Waals surface area (Å²) < 4.78 is 12.9. The van der Waals surface area contributed by atoms with Crippen molar-refractivity contribution in [1.29, 1.82) is 0 Å². The van der Waals surface area contributed by atoms with Gasteiger partial charge < -0.3 is 0 Å². The SMILES string of the molecule is CC(C)(C(=O)c1ccc(Cl)cc1)c1ccc(F)cc1. The molecule has 3 heteroatoms. The molecule has 0 saturated carbocycles. The van der Waals surface area contributed by atoms with E-state index in [9.17, 15) is 9.18 Å². The van der Waals surface area contributed by atoms with E-state index in [0.717, 1.165) is 5.56 Å². The van der Waals surface area contributed by atoms with Crippen LogP contribution in [0.3, 0.4) is 0 Å². The standard InChI is InChI=1S/C16H14ClFO/c1-16(2,12-5-9-14(18)10-6-12)15(19)11-3-7-13(17)8-4-11/h3-10H,1-2H3.